The number of carbonyl (C=O) groups is 2. The largest absolute Gasteiger partial charge is 0.466 e. The van der Waals surface area contributed by atoms with E-state index in [9.17, 15) is 9.59 Å². The van der Waals surface area contributed by atoms with Gasteiger partial charge < -0.3 is 10.1 Å². The summed E-state index contributed by atoms with van der Waals surface area (Å²) in [5.74, 6) is 0.0809. The third kappa shape index (κ3) is 1.35. The van der Waals surface area contributed by atoms with Crippen molar-refractivity contribution < 1.29 is 14.3 Å². The number of anilines is 1. The summed E-state index contributed by atoms with van der Waals surface area (Å²) in [4.78, 5) is 25.1. The van der Waals surface area contributed by atoms with E-state index in [4.69, 9.17) is 4.74 Å². The fourth-order valence-corrected chi connectivity index (χ4v) is 1.05. The lowest BCUT2D eigenvalue weighted by atomic mass is 10.3. The highest BCUT2D eigenvalue weighted by molar-refractivity contribution is 5.95. The van der Waals surface area contributed by atoms with E-state index in [2.05, 4.69) is 10.3 Å². The van der Waals surface area contributed by atoms with Crippen LogP contribution in [-0.2, 0) is 4.79 Å². The standard InChI is InChI=1S/C8H6N2O3/c11-3-5-1-2-6-8(9-5)13-4-7(12)10-6/h1-3H,4H2,(H,10,12). The van der Waals surface area contributed by atoms with E-state index in [-0.39, 0.29) is 18.2 Å². The van der Waals surface area contributed by atoms with E-state index in [0.29, 0.717) is 17.9 Å². The normalized spacial score (nSPS) is 14.0. The lowest BCUT2D eigenvalue weighted by molar-refractivity contribution is -0.118. The van der Waals surface area contributed by atoms with E-state index < -0.39 is 0 Å². The molecule has 0 spiro atoms. The van der Waals surface area contributed by atoms with E-state index >= 15 is 0 Å². The minimum Gasteiger partial charge on any atom is -0.466 e. The monoisotopic (exact) mass is 178 g/mol. The van der Waals surface area contributed by atoms with Gasteiger partial charge >= 0.3 is 0 Å². The van der Waals surface area contributed by atoms with Gasteiger partial charge in [0, 0.05) is 0 Å². The molecule has 0 aromatic carbocycles. The van der Waals surface area contributed by atoms with Crippen molar-refractivity contribution in [3.05, 3.63) is 17.8 Å². The van der Waals surface area contributed by atoms with Gasteiger partial charge in [0.15, 0.2) is 12.9 Å². The molecule has 0 saturated heterocycles. The smallest absolute Gasteiger partial charge is 0.262 e. The molecule has 0 bridgehead atoms. The number of rotatable bonds is 1. The molecular weight excluding hydrogens is 172 g/mol. The van der Waals surface area contributed by atoms with Gasteiger partial charge in [0.2, 0.25) is 5.88 Å². The van der Waals surface area contributed by atoms with Gasteiger partial charge in [0.05, 0.1) is 0 Å². The molecule has 0 radical (unpaired) electrons. The topological polar surface area (TPSA) is 68.3 Å². The number of aromatic nitrogens is 1. The third-order valence-corrected chi connectivity index (χ3v) is 1.62. The van der Waals surface area contributed by atoms with Crippen molar-refractivity contribution >= 4 is 17.9 Å². The molecule has 5 heteroatoms. The molecule has 1 N–H and O–H groups in total. The first kappa shape index (κ1) is 7.72. The first-order valence-corrected chi connectivity index (χ1v) is 3.68. The highest BCUT2D eigenvalue weighted by Gasteiger charge is 2.16. The summed E-state index contributed by atoms with van der Waals surface area (Å²) in [6, 6.07) is 3.10. The zero-order valence-corrected chi connectivity index (χ0v) is 6.61. The SMILES string of the molecule is O=Cc1ccc2c(n1)OCC(=O)N2. The molecule has 1 aromatic heterocycles. The summed E-state index contributed by atoms with van der Waals surface area (Å²) >= 11 is 0. The number of hydrogen-bond donors (Lipinski definition) is 1. The molecule has 1 aromatic rings. The highest BCUT2D eigenvalue weighted by Crippen LogP contribution is 2.24. The van der Waals surface area contributed by atoms with Gasteiger partial charge in [0.25, 0.3) is 5.91 Å². The Labute approximate surface area is 73.7 Å². The van der Waals surface area contributed by atoms with Crippen molar-refractivity contribution in [2.45, 2.75) is 0 Å². The number of amides is 1. The van der Waals surface area contributed by atoms with Crippen LogP contribution >= 0.6 is 0 Å². The van der Waals surface area contributed by atoms with Crippen molar-refractivity contribution in [3.63, 3.8) is 0 Å². The van der Waals surface area contributed by atoms with E-state index in [0.717, 1.165) is 0 Å². The molecule has 2 heterocycles. The molecule has 0 aliphatic carbocycles. The van der Waals surface area contributed by atoms with Gasteiger partial charge in [-0.1, -0.05) is 0 Å². The number of hydrogen-bond acceptors (Lipinski definition) is 4. The predicted molar refractivity (Wildman–Crippen MR) is 43.7 cm³/mol. The summed E-state index contributed by atoms with van der Waals surface area (Å²) in [6.07, 6.45) is 0.625. The van der Waals surface area contributed by atoms with Crippen LogP contribution in [0.25, 0.3) is 0 Å². The Morgan fingerprint density at radius 3 is 3.15 bits per heavy atom. The van der Waals surface area contributed by atoms with Crippen molar-refractivity contribution in [3.8, 4) is 5.88 Å². The Morgan fingerprint density at radius 2 is 2.38 bits per heavy atom. The van der Waals surface area contributed by atoms with E-state index in [1.54, 1.807) is 6.07 Å². The van der Waals surface area contributed by atoms with Crippen molar-refractivity contribution in [1.29, 1.82) is 0 Å². The summed E-state index contributed by atoms with van der Waals surface area (Å²) in [5, 5.41) is 2.57. The zero-order chi connectivity index (χ0) is 9.26. The minimum absolute atomic E-state index is 0.0533. The number of aldehydes is 1. The van der Waals surface area contributed by atoms with Gasteiger partial charge in [0.1, 0.15) is 11.4 Å². The van der Waals surface area contributed by atoms with Crippen LogP contribution in [0.15, 0.2) is 12.1 Å². The van der Waals surface area contributed by atoms with Crippen molar-refractivity contribution in [2.75, 3.05) is 11.9 Å². The number of ether oxygens (including phenoxy) is 1. The number of nitrogens with one attached hydrogen (secondary N) is 1. The van der Waals surface area contributed by atoms with Crippen LogP contribution in [0.5, 0.6) is 5.88 Å². The molecule has 2 rings (SSSR count). The summed E-state index contributed by atoms with van der Waals surface area (Å²) < 4.78 is 5.00. The minimum atomic E-state index is -0.215. The Morgan fingerprint density at radius 1 is 1.54 bits per heavy atom. The Bertz CT molecular complexity index is 376. The third-order valence-electron chi connectivity index (χ3n) is 1.62. The Balaban J connectivity index is 2.42. The average molecular weight is 178 g/mol. The molecular formula is C8H6N2O3. The molecule has 66 valence electrons. The van der Waals surface area contributed by atoms with Crippen LogP contribution in [0.1, 0.15) is 10.5 Å². The molecule has 0 saturated carbocycles. The van der Waals surface area contributed by atoms with E-state index in [1.807, 2.05) is 0 Å². The maximum absolute atomic E-state index is 10.8. The van der Waals surface area contributed by atoms with Crippen LogP contribution in [-0.4, -0.2) is 23.8 Å². The van der Waals surface area contributed by atoms with Crippen LogP contribution in [0.4, 0.5) is 5.69 Å². The van der Waals surface area contributed by atoms with Gasteiger partial charge in [-0.25, -0.2) is 4.98 Å². The Kier molecular flexibility index (Phi) is 1.70. The van der Waals surface area contributed by atoms with E-state index in [1.165, 1.54) is 6.07 Å². The first-order chi connectivity index (χ1) is 6.29. The number of nitrogens with zero attached hydrogens (tertiary/aromatic N) is 1. The lowest BCUT2D eigenvalue weighted by Crippen LogP contribution is -2.26. The second-order valence-electron chi connectivity index (χ2n) is 2.54. The van der Waals surface area contributed by atoms with Crippen LogP contribution < -0.4 is 10.1 Å². The van der Waals surface area contributed by atoms with Gasteiger partial charge in [-0.05, 0) is 12.1 Å². The molecule has 0 unspecified atom stereocenters. The van der Waals surface area contributed by atoms with Crippen molar-refractivity contribution in [1.82, 2.24) is 4.98 Å². The lowest BCUT2D eigenvalue weighted by Gasteiger charge is -2.16. The molecule has 1 aliphatic heterocycles. The fourth-order valence-electron chi connectivity index (χ4n) is 1.05. The summed E-state index contributed by atoms with van der Waals surface area (Å²) in [7, 11) is 0. The predicted octanol–water partition coefficient (Wildman–Crippen LogP) is 0.225. The number of fused-ring (bicyclic) bond motifs is 1. The highest BCUT2D eigenvalue weighted by atomic mass is 16.5. The van der Waals surface area contributed by atoms with Crippen LogP contribution in [0, 0.1) is 0 Å². The number of pyridine rings is 1. The molecule has 0 fully saturated rings. The molecule has 1 aliphatic rings. The fraction of sp³-hybridized carbons (Fsp3) is 0.125. The van der Waals surface area contributed by atoms with Crippen LogP contribution in [0.3, 0.4) is 0 Å². The molecule has 0 atom stereocenters. The number of carbonyl (C=O) groups excluding carboxylic acids is 2. The van der Waals surface area contributed by atoms with Gasteiger partial charge in [-0.2, -0.15) is 0 Å². The maximum Gasteiger partial charge on any atom is 0.262 e. The molecule has 5 nitrogen and oxygen atoms in total. The van der Waals surface area contributed by atoms with Crippen LogP contribution in [0.2, 0.25) is 0 Å². The maximum atomic E-state index is 10.8. The zero-order valence-electron chi connectivity index (χ0n) is 6.61. The quantitative estimate of drug-likeness (QED) is 0.625. The summed E-state index contributed by atoms with van der Waals surface area (Å²) in [5.41, 5.74) is 0.789. The second-order valence-corrected chi connectivity index (χ2v) is 2.54. The average Bonchev–Trinajstić information content (AvgIpc) is 2.17. The van der Waals surface area contributed by atoms with Crippen molar-refractivity contribution in [2.24, 2.45) is 0 Å². The van der Waals surface area contributed by atoms with Gasteiger partial charge in [-0.15, -0.1) is 0 Å². The Hall–Kier alpha value is -1.91. The first-order valence-electron chi connectivity index (χ1n) is 3.68. The van der Waals surface area contributed by atoms with Gasteiger partial charge in [-0.3, -0.25) is 9.59 Å². The summed E-state index contributed by atoms with van der Waals surface area (Å²) in [6.45, 7) is -0.0533. The molecule has 13 heavy (non-hydrogen) atoms. The second kappa shape index (κ2) is 2.85. The molecule has 1 amide bonds.